The third-order valence-electron chi connectivity index (χ3n) is 4.46. The summed E-state index contributed by atoms with van der Waals surface area (Å²) in [7, 11) is 0. The number of aryl methyl sites for hydroxylation is 1. The van der Waals surface area contributed by atoms with Gasteiger partial charge in [0.25, 0.3) is 0 Å². The quantitative estimate of drug-likeness (QED) is 0.740. The highest BCUT2D eigenvalue weighted by molar-refractivity contribution is 5.31. The van der Waals surface area contributed by atoms with Gasteiger partial charge in [-0.3, -0.25) is 4.90 Å². The van der Waals surface area contributed by atoms with Gasteiger partial charge in [0.1, 0.15) is 24.3 Å². The molecular weight excluding hydrogens is 317 g/mol. The van der Waals surface area contributed by atoms with E-state index in [1.165, 1.54) is 6.07 Å². The predicted molar refractivity (Wildman–Crippen MR) is 99.2 cm³/mol. The van der Waals surface area contributed by atoms with Crippen LogP contribution in [0.15, 0.2) is 48.5 Å². The molecule has 2 rings (SSSR count). The lowest BCUT2D eigenvalue weighted by molar-refractivity contribution is 0.0504. The van der Waals surface area contributed by atoms with Crippen LogP contribution < -0.4 is 4.74 Å². The summed E-state index contributed by atoms with van der Waals surface area (Å²) in [5.41, 5.74) is 1.96. The minimum atomic E-state index is -0.609. The summed E-state index contributed by atoms with van der Waals surface area (Å²) in [6.45, 7) is 7.54. The second-order valence-electron chi connectivity index (χ2n) is 6.55. The van der Waals surface area contributed by atoms with Crippen molar-refractivity contribution in [3.05, 3.63) is 65.5 Å². The number of aliphatic hydroxyl groups excluding tert-OH is 1. The van der Waals surface area contributed by atoms with Crippen molar-refractivity contribution < 1.29 is 14.2 Å². The van der Waals surface area contributed by atoms with Gasteiger partial charge < -0.3 is 9.84 Å². The van der Waals surface area contributed by atoms with E-state index >= 15 is 0 Å². The van der Waals surface area contributed by atoms with Crippen LogP contribution in [0.4, 0.5) is 4.39 Å². The summed E-state index contributed by atoms with van der Waals surface area (Å²) >= 11 is 0. The molecule has 25 heavy (non-hydrogen) atoms. The fourth-order valence-electron chi connectivity index (χ4n) is 2.76. The summed E-state index contributed by atoms with van der Waals surface area (Å²) in [4.78, 5) is 2.17. The third kappa shape index (κ3) is 6.15. The van der Waals surface area contributed by atoms with Crippen LogP contribution in [-0.2, 0) is 6.54 Å². The molecule has 0 bridgehead atoms. The van der Waals surface area contributed by atoms with E-state index in [2.05, 4.69) is 18.7 Å². The maximum Gasteiger partial charge on any atom is 0.123 e. The van der Waals surface area contributed by atoms with E-state index in [9.17, 15) is 9.50 Å². The Morgan fingerprint density at radius 1 is 1.16 bits per heavy atom. The van der Waals surface area contributed by atoms with Crippen molar-refractivity contribution in [1.29, 1.82) is 0 Å². The van der Waals surface area contributed by atoms with Crippen LogP contribution >= 0.6 is 0 Å². The lowest BCUT2D eigenvalue weighted by Crippen LogP contribution is -2.40. The normalized spacial score (nSPS) is 13.7. The Morgan fingerprint density at radius 3 is 2.60 bits per heavy atom. The molecule has 4 heteroatoms. The van der Waals surface area contributed by atoms with Crippen molar-refractivity contribution >= 4 is 0 Å². The molecule has 0 aliphatic rings. The lowest BCUT2D eigenvalue weighted by atomic mass is 10.1. The second kappa shape index (κ2) is 9.54. The van der Waals surface area contributed by atoms with E-state index in [1.807, 2.05) is 37.3 Å². The van der Waals surface area contributed by atoms with Crippen LogP contribution in [0.3, 0.4) is 0 Å². The topological polar surface area (TPSA) is 32.7 Å². The Labute approximate surface area is 150 Å². The SMILES string of the molecule is CCC(C)N(Cc1cccc(F)c1)CC(O)COc1ccccc1C. The Kier molecular flexibility index (Phi) is 7.41. The molecule has 0 spiro atoms. The molecule has 2 unspecified atom stereocenters. The number of benzene rings is 2. The maximum atomic E-state index is 13.4. The summed E-state index contributed by atoms with van der Waals surface area (Å²) in [5.74, 6) is 0.562. The Hall–Kier alpha value is -1.91. The van der Waals surface area contributed by atoms with Crippen molar-refractivity contribution in [2.24, 2.45) is 0 Å². The zero-order chi connectivity index (χ0) is 18.2. The number of ether oxygens (including phenoxy) is 1. The van der Waals surface area contributed by atoms with Gasteiger partial charge in [-0.05, 0) is 49.6 Å². The number of hydrogen-bond donors (Lipinski definition) is 1. The molecule has 0 aromatic heterocycles. The van der Waals surface area contributed by atoms with Crippen LogP contribution in [0.5, 0.6) is 5.75 Å². The van der Waals surface area contributed by atoms with Crippen LogP contribution in [0, 0.1) is 12.7 Å². The molecule has 0 saturated heterocycles. The molecular formula is C21H28FNO2. The highest BCUT2D eigenvalue weighted by Crippen LogP contribution is 2.17. The first kappa shape index (κ1) is 19.4. The Balaban J connectivity index is 1.95. The van der Waals surface area contributed by atoms with Gasteiger partial charge >= 0.3 is 0 Å². The molecule has 2 atom stereocenters. The molecule has 0 aliphatic carbocycles. The van der Waals surface area contributed by atoms with Crippen LogP contribution in [0.2, 0.25) is 0 Å². The predicted octanol–water partition coefficient (Wildman–Crippen LogP) is 4.17. The zero-order valence-corrected chi connectivity index (χ0v) is 15.3. The van der Waals surface area contributed by atoms with E-state index in [0.717, 1.165) is 23.3 Å². The van der Waals surface area contributed by atoms with Gasteiger partial charge in [-0.2, -0.15) is 0 Å². The molecule has 0 amide bonds. The zero-order valence-electron chi connectivity index (χ0n) is 15.3. The van der Waals surface area contributed by atoms with Gasteiger partial charge in [0, 0.05) is 19.1 Å². The molecule has 3 nitrogen and oxygen atoms in total. The van der Waals surface area contributed by atoms with E-state index < -0.39 is 6.10 Å². The van der Waals surface area contributed by atoms with Gasteiger partial charge in [0.05, 0.1) is 0 Å². The largest absolute Gasteiger partial charge is 0.491 e. The highest BCUT2D eigenvalue weighted by Gasteiger charge is 2.18. The molecule has 0 fully saturated rings. The minimum absolute atomic E-state index is 0.231. The number of hydrogen-bond acceptors (Lipinski definition) is 3. The average Bonchev–Trinajstić information content (AvgIpc) is 2.60. The van der Waals surface area contributed by atoms with Gasteiger partial charge in [-0.25, -0.2) is 4.39 Å². The summed E-state index contributed by atoms with van der Waals surface area (Å²) in [5, 5.41) is 10.4. The number of halogens is 1. The fraction of sp³-hybridized carbons (Fsp3) is 0.429. The van der Waals surface area contributed by atoms with Crippen LogP contribution in [-0.4, -0.2) is 35.3 Å². The summed E-state index contributed by atoms with van der Waals surface area (Å²) < 4.78 is 19.2. The van der Waals surface area contributed by atoms with Crippen molar-refractivity contribution in [2.45, 2.75) is 45.9 Å². The van der Waals surface area contributed by atoms with E-state index in [-0.39, 0.29) is 18.5 Å². The molecule has 136 valence electrons. The van der Waals surface area contributed by atoms with E-state index in [1.54, 1.807) is 12.1 Å². The van der Waals surface area contributed by atoms with Crippen molar-refractivity contribution in [3.63, 3.8) is 0 Å². The van der Waals surface area contributed by atoms with E-state index in [0.29, 0.717) is 13.1 Å². The first-order valence-electron chi connectivity index (χ1n) is 8.84. The standard InChI is InChI=1S/C21H28FNO2/c1-4-17(3)23(13-18-9-7-10-19(22)12-18)14-20(24)15-25-21-11-6-5-8-16(21)2/h5-12,17,20,24H,4,13-15H2,1-3H3. The van der Waals surface area contributed by atoms with Crippen molar-refractivity contribution in [1.82, 2.24) is 4.90 Å². The smallest absolute Gasteiger partial charge is 0.123 e. The molecule has 0 heterocycles. The Bertz CT molecular complexity index is 662. The lowest BCUT2D eigenvalue weighted by Gasteiger charge is -2.30. The van der Waals surface area contributed by atoms with E-state index in [4.69, 9.17) is 4.74 Å². The second-order valence-corrected chi connectivity index (χ2v) is 6.55. The highest BCUT2D eigenvalue weighted by atomic mass is 19.1. The van der Waals surface area contributed by atoms with Gasteiger partial charge in [0.2, 0.25) is 0 Å². The number of rotatable bonds is 9. The molecule has 2 aromatic rings. The number of para-hydroxylation sites is 1. The van der Waals surface area contributed by atoms with Gasteiger partial charge in [0.15, 0.2) is 0 Å². The Morgan fingerprint density at radius 2 is 1.92 bits per heavy atom. The minimum Gasteiger partial charge on any atom is -0.491 e. The molecule has 0 saturated carbocycles. The molecule has 1 N–H and O–H groups in total. The van der Waals surface area contributed by atoms with Crippen LogP contribution in [0.1, 0.15) is 31.4 Å². The number of nitrogens with zero attached hydrogens (tertiary/aromatic N) is 1. The monoisotopic (exact) mass is 345 g/mol. The maximum absolute atomic E-state index is 13.4. The van der Waals surface area contributed by atoms with Crippen molar-refractivity contribution in [3.8, 4) is 5.75 Å². The molecule has 2 aromatic carbocycles. The van der Waals surface area contributed by atoms with Crippen LogP contribution in [0.25, 0.3) is 0 Å². The first-order valence-corrected chi connectivity index (χ1v) is 8.84. The first-order chi connectivity index (χ1) is 12.0. The van der Waals surface area contributed by atoms with Crippen molar-refractivity contribution in [2.75, 3.05) is 13.2 Å². The van der Waals surface area contributed by atoms with Gasteiger partial charge in [-0.15, -0.1) is 0 Å². The number of aliphatic hydroxyl groups is 1. The molecule has 0 aliphatic heterocycles. The molecule has 0 radical (unpaired) electrons. The summed E-state index contributed by atoms with van der Waals surface area (Å²) in [6.07, 6.45) is 0.350. The fourth-order valence-corrected chi connectivity index (χ4v) is 2.76. The third-order valence-corrected chi connectivity index (χ3v) is 4.46. The van der Waals surface area contributed by atoms with Gasteiger partial charge in [-0.1, -0.05) is 37.3 Å². The average molecular weight is 345 g/mol. The summed E-state index contributed by atoms with van der Waals surface area (Å²) in [6, 6.07) is 14.7.